The van der Waals surface area contributed by atoms with Crippen molar-refractivity contribution in [3.8, 4) is 5.69 Å². The zero-order valence-corrected chi connectivity index (χ0v) is 25.0. The van der Waals surface area contributed by atoms with E-state index in [2.05, 4.69) is 42.3 Å². The van der Waals surface area contributed by atoms with Gasteiger partial charge in [0.15, 0.2) is 0 Å². The fourth-order valence-corrected chi connectivity index (χ4v) is 6.61. The van der Waals surface area contributed by atoms with Gasteiger partial charge in [-0.1, -0.05) is 18.9 Å². The summed E-state index contributed by atoms with van der Waals surface area (Å²) in [5.74, 6) is 0.576. The Labute approximate surface area is 239 Å². The molecule has 2 amide bonds. The van der Waals surface area contributed by atoms with Crippen molar-refractivity contribution in [1.29, 1.82) is 0 Å². The van der Waals surface area contributed by atoms with Crippen molar-refractivity contribution in [2.45, 2.75) is 97.1 Å². The van der Waals surface area contributed by atoms with Crippen LogP contribution in [0.2, 0.25) is 0 Å². The molecule has 0 spiro atoms. The molecule has 3 aliphatic rings. The van der Waals surface area contributed by atoms with Gasteiger partial charge in [0, 0.05) is 38.1 Å². The van der Waals surface area contributed by atoms with Gasteiger partial charge in [-0.25, -0.2) is 9.48 Å². The molecule has 0 radical (unpaired) electrons. The second-order valence-corrected chi connectivity index (χ2v) is 13.2. The Morgan fingerprint density at radius 1 is 1.00 bits per heavy atom. The number of likely N-dealkylation sites (tertiary alicyclic amines) is 2. The van der Waals surface area contributed by atoms with Crippen LogP contribution in [0.25, 0.3) is 5.69 Å². The number of carbonyl (C=O) groups excluding carboxylic acids is 2. The molecular formula is C32H47N5O3. The number of aromatic nitrogens is 2. The van der Waals surface area contributed by atoms with Gasteiger partial charge in [-0.3, -0.25) is 4.79 Å². The fraction of sp³-hybridized carbons (Fsp3) is 0.656. The topological polar surface area (TPSA) is 79.7 Å². The molecule has 1 N–H and O–H groups in total. The second kappa shape index (κ2) is 11.9. The van der Waals surface area contributed by atoms with Crippen molar-refractivity contribution in [1.82, 2.24) is 24.9 Å². The SMILES string of the molecule is Cc1ccc(-n2ncc(C(=O)NC[C@H]3CCN(C4CCCC4)C3)c2C2CCN(C(=O)OC(C)(C)C)CC2)cc1C. The lowest BCUT2D eigenvalue weighted by molar-refractivity contribution is 0.0203. The Balaban J connectivity index is 1.31. The van der Waals surface area contributed by atoms with Crippen LogP contribution < -0.4 is 5.32 Å². The van der Waals surface area contributed by atoms with Crippen molar-refractivity contribution in [3.05, 3.63) is 46.8 Å². The number of nitrogens with one attached hydrogen (secondary N) is 1. The molecule has 8 heteroatoms. The Hall–Kier alpha value is -2.87. The number of carbonyl (C=O) groups is 2. The van der Waals surface area contributed by atoms with Crippen LogP contribution in [0, 0.1) is 19.8 Å². The average molecular weight is 550 g/mol. The smallest absolute Gasteiger partial charge is 0.410 e. The summed E-state index contributed by atoms with van der Waals surface area (Å²) < 4.78 is 7.56. The summed E-state index contributed by atoms with van der Waals surface area (Å²) >= 11 is 0. The summed E-state index contributed by atoms with van der Waals surface area (Å²) in [6.45, 7) is 14.0. The maximum absolute atomic E-state index is 13.6. The molecule has 0 unspecified atom stereocenters. The summed E-state index contributed by atoms with van der Waals surface area (Å²) in [6, 6.07) is 7.07. The van der Waals surface area contributed by atoms with E-state index in [1.54, 1.807) is 11.1 Å². The van der Waals surface area contributed by atoms with Crippen LogP contribution in [0.1, 0.15) is 98.8 Å². The molecule has 1 atom stereocenters. The number of piperidine rings is 1. The third-order valence-electron chi connectivity index (χ3n) is 9.03. The standard InChI is InChI=1S/C32H47N5O3/c1-22-10-11-27(18-23(22)2)37-29(25-13-16-35(17-14-25)31(39)40-32(3,4)5)28(20-34-37)30(38)33-19-24-12-15-36(21-24)26-8-6-7-9-26/h10-11,18,20,24-26H,6-9,12-17,19,21H2,1-5H3,(H,33,38)/t24-/m1/s1. The van der Waals surface area contributed by atoms with Gasteiger partial charge in [-0.05, 0) is 102 Å². The predicted molar refractivity (Wildman–Crippen MR) is 157 cm³/mol. The van der Waals surface area contributed by atoms with Crippen LogP contribution in [0.4, 0.5) is 4.79 Å². The number of aryl methyl sites for hydroxylation is 2. The van der Waals surface area contributed by atoms with Gasteiger partial charge in [0.1, 0.15) is 5.60 Å². The van der Waals surface area contributed by atoms with Gasteiger partial charge in [0.05, 0.1) is 23.1 Å². The van der Waals surface area contributed by atoms with Gasteiger partial charge in [-0.2, -0.15) is 5.10 Å². The molecule has 2 aliphatic heterocycles. The first kappa shape index (κ1) is 28.7. The quantitative estimate of drug-likeness (QED) is 0.508. The third kappa shape index (κ3) is 6.54. The minimum Gasteiger partial charge on any atom is -0.444 e. The van der Waals surface area contributed by atoms with Crippen molar-refractivity contribution in [2.75, 3.05) is 32.7 Å². The molecule has 8 nitrogen and oxygen atoms in total. The zero-order chi connectivity index (χ0) is 28.4. The fourth-order valence-electron chi connectivity index (χ4n) is 6.61. The van der Waals surface area contributed by atoms with E-state index in [1.165, 1.54) is 36.8 Å². The highest BCUT2D eigenvalue weighted by Gasteiger charge is 2.33. The largest absolute Gasteiger partial charge is 0.444 e. The first-order valence-corrected chi connectivity index (χ1v) is 15.2. The van der Waals surface area contributed by atoms with E-state index in [9.17, 15) is 9.59 Å². The minimum atomic E-state index is -0.519. The number of benzene rings is 1. The van der Waals surface area contributed by atoms with Crippen molar-refractivity contribution < 1.29 is 14.3 Å². The number of ether oxygens (including phenoxy) is 1. The Bertz CT molecular complexity index is 1200. The summed E-state index contributed by atoms with van der Waals surface area (Å²) in [6.07, 6.45) is 9.49. The number of hydrogen-bond donors (Lipinski definition) is 1. The number of nitrogens with zero attached hydrogens (tertiary/aromatic N) is 4. The maximum Gasteiger partial charge on any atom is 0.410 e. The molecule has 1 aromatic heterocycles. The van der Waals surface area contributed by atoms with Gasteiger partial charge < -0.3 is 19.9 Å². The highest BCUT2D eigenvalue weighted by molar-refractivity contribution is 5.95. The Morgan fingerprint density at radius 2 is 1.73 bits per heavy atom. The molecule has 1 saturated carbocycles. The molecule has 1 aliphatic carbocycles. The van der Waals surface area contributed by atoms with Crippen LogP contribution in [0.3, 0.4) is 0 Å². The number of hydrogen-bond acceptors (Lipinski definition) is 5. The molecule has 0 bridgehead atoms. The average Bonchev–Trinajstić information content (AvgIpc) is 3.69. The molecule has 2 aromatic rings. The summed E-state index contributed by atoms with van der Waals surface area (Å²) in [7, 11) is 0. The molecule has 218 valence electrons. The Morgan fingerprint density at radius 3 is 2.40 bits per heavy atom. The van der Waals surface area contributed by atoms with E-state index in [-0.39, 0.29) is 17.9 Å². The first-order chi connectivity index (χ1) is 19.1. The highest BCUT2D eigenvalue weighted by Crippen LogP contribution is 2.33. The molecule has 1 aromatic carbocycles. The number of rotatable bonds is 6. The van der Waals surface area contributed by atoms with Crippen molar-refractivity contribution >= 4 is 12.0 Å². The third-order valence-corrected chi connectivity index (χ3v) is 9.03. The van der Waals surface area contributed by atoms with E-state index in [0.717, 1.165) is 49.8 Å². The molecule has 2 saturated heterocycles. The van der Waals surface area contributed by atoms with Gasteiger partial charge >= 0.3 is 6.09 Å². The van der Waals surface area contributed by atoms with E-state index in [4.69, 9.17) is 9.84 Å². The lowest BCUT2D eigenvalue weighted by Gasteiger charge is -2.34. The lowest BCUT2D eigenvalue weighted by Crippen LogP contribution is -2.41. The van der Waals surface area contributed by atoms with Crippen molar-refractivity contribution in [3.63, 3.8) is 0 Å². The maximum atomic E-state index is 13.6. The number of amides is 2. The van der Waals surface area contributed by atoms with Crippen LogP contribution >= 0.6 is 0 Å². The molecular weight excluding hydrogens is 502 g/mol. The van der Waals surface area contributed by atoms with Crippen LogP contribution in [0.15, 0.2) is 24.4 Å². The molecule has 40 heavy (non-hydrogen) atoms. The van der Waals surface area contributed by atoms with Gasteiger partial charge in [0.25, 0.3) is 5.91 Å². The first-order valence-electron chi connectivity index (χ1n) is 15.2. The molecule has 5 rings (SSSR count). The summed E-state index contributed by atoms with van der Waals surface area (Å²) in [4.78, 5) is 30.7. The highest BCUT2D eigenvalue weighted by atomic mass is 16.6. The Kier molecular flexibility index (Phi) is 8.55. The zero-order valence-electron chi connectivity index (χ0n) is 25.0. The van der Waals surface area contributed by atoms with Crippen LogP contribution in [-0.4, -0.2) is 75.9 Å². The predicted octanol–water partition coefficient (Wildman–Crippen LogP) is 5.60. The van der Waals surface area contributed by atoms with Crippen LogP contribution in [-0.2, 0) is 4.74 Å². The summed E-state index contributed by atoms with van der Waals surface area (Å²) in [5.41, 5.74) is 4.47. The second-order valence-electron chi connectivity index (χ2n) is 13.2. The molecule has 3 fully saturated rings. The van der Waals surface area contributed by atoms with Gasteiger partial charge in [-0.15, -0.1) is 0 Å². The lowest BCUT2D eigenvalue weighted by atomic mass is 9.90. The molecule has 3 heterocycles. The van der Waals surface area contributed by atoms with E-state index < -0.39 is 5.60 Å². The van der Waals surface area contributed by atoms with E-state index >= 15 is 0 Å². The van der Waals surface area contributed by atoms with E-state index in [0.29, 0.717) is 31.1 Å². The van der Waals surface area contributed by atoms with Gasteiger partial charge in [0.2, 0.25) is 0 Å². The normalized spacial score (nSPS) is 21.2. The summed E-state index contributed by atoms with van der Waals surface area (Å²) in [5, 5.41) is 8.01. The van der Waals surface area contributed by atoms with Crippen LogP contribution in [0.5, 0.6) is 0 Å². The monoisotopic (exact) mass is 549 g/mol. The van der Waals surface area contributed by atoms with E-state index in [1.807, 2.05) is 25.5 Å². The minimum absolute atomic E-state index is 0.0426. The van der Waals surface area contributed by atoms with Crippen molar-refractivity contribution in [2.24, 2.45) is 5.92 Å².